The van der Waals surface area contributed by atoms with E-state index in [9.17, 15) is 19.5 Å². The van der Waals surface area contributed by atoms with Crippen molar-refractivity contribution in [2.45, 2.75) is 124 Å². The minimum Gasteiger partial charge on any atom is -0.494 e. The summed E-state index contributed by atoms with van der Waals surface area (Å²) in [5.74, 6) is -0.230. The zero-order valence-electron chi connectivity index (χ0n) is 35.1. The summed E-state index contributed by atoms with van der Waals surface area (Å²) in [4.78, 5) is 42.4. The molecule has 0 spiro atoms. The molecule has 2 N–H and O–H groups in total. The maximum absolute atomic E-state index is 13.6. The number of unbranched alkanes of at least 4 members (excludes halogenated alkanes) is 7. The molecule has 4 aromatic rings. The third-order valence-electron chi connectivity index (χ3n) is 11.0. The molecule has 0 bridgehead atoms. The Labute approximate surface area is 353 Å². The number of rotatable bonds is 24. The van der Waals surface area contributed by atoms with Gasteiger partial charge in [-0.1, -0.05) is 76.4 Å². The maximum atomic E-state index is 13.6. The molecule has 1 aliphatic carbocycles. The molecule has 316 valence electrons. The fourth-order valence-corrected chi connectivity index (χ4v) is 8.51. The first kappa shape index (κ1) is 45.1. The molecule has 0 saturated heterocycles. The van der Waals surface area contributed by atoms with Gasteiger partial charge in [0.25, 0.3) is 0 Å². The van der Waals surface area contributed by atoms with Crippen LogP contribution in [0.3, 0.4) is 0 Å². The van der Waals surface area contributed by atoms with Gasteiger partial charge in [-0.3, -0.25) is 10.2 Å². The molecular weight excluding hydrogens is 763 g/mol. The van der Waals surface area contributed by atoms with Crippen molar-refractivity contribution < 1.29 is 33.7 Å². The van der Waals surface area contributed by atoms with Crippen LogP contribution in [-0.2, 0) is 14.3 Å². The van der Waals surface area contributed by atoms with E-state index < -0.39 is 11.9 Å². The van der Waals surface area contributed by atoms with Crippen LogP contribution in [0.5, 0.6) is 11.5 Å². The molecular formula is C48H61N3O7S. The number of hydrogen-bond donors (Lipinski definition) is 2. The van der Waals surface area contributed by atoms with Gasteiger partial charge in [-0.2, -0.15) is 5.10 Å². The smallest absolute Gasteiger partial charge is 0.336 e. The molecule has 3 aromatic carbocycles. The molecule has 0 aliphatic heterocycles. The average Bonchev–Trinajstić information content (AvgIpc) is 3.65. The number of aromatic nitrogens is 1. The number of anilines is 1. The predicted octanol–water partition coefficient (Wildman–Crippen LogP) is 12.3. The van der Waals surface area contributed by atoms with Crippen LogP contribution in [0.4, 0.5) is 5.13 Å². The van der Waals surface area contributed by atoms with E-state index in [2.05, 4.69) is 38.8 Å². The molecule has 10 nitrogen and oxygen atoms in total. The molecule has 1 heterocycles. The minimum atomic E-state index is -1.07. The van der Waals surface area contributed by atoms with E-state index in [1.165, 1.54) is 30.6 Å². The van der Waals surface area contributed by atoms with E-state index in [1.54, 1.807) is 24.3 Å². The molecule has 1 fully saturated rings. The monoisotopic (exact) mass is 823 g/mol. The number of carboxylic acid groups (broad SMARTS) is 1. The second-order valence-corrected chi connectivity index (χ2v) is 16.6. The number of benzene rings is 3. The first-order valence-electron chi connectivity index (χ1n) is 21.5. The predicted molar refractivity (Wildman–Crippen MR) is 238 cm³/mol. The quantitative estimate of drug-likeness (QED) is 0.0177. The molecule has 59 heavy (non-hydrogen) atoms. The molecule has 0 atom stereocenters. The fraction of sp³-hybridized carbons (Fsp3) is 0.479. The van der Waals surface area contributed by atoms with E-state index in [0.717, 1.165) is 98.9 Å². The standard InChI is InChI=1S/C48H61N3O7S/c1-5-8-10-13-17-42(50-51-48-49-43-27-18-33(4)30-44(43)59-48)41-32-37(58-47(55)35-21-19-34(20-22-35)16-9-6-2)24-25-38(41)40-31-36(23-26-39(40)46(53)54)56-28-14-11-12-15-29-57-45(52)7-3/h7,18,23-27,30-32,34-35H,3,5-6,8-17,19-22,28-29H2,1-2,4H3,(H,49,51)(H,53,54). The number of nitrogens with zero attached hydrogens (tertiary/aromatic N) is 2. The van der Waals surface area contributed by atoms with Gasteiger partial charge in [-0.15, -0.1) is 0 Å². The van der Waals surface area contributed by atoms with Crippen molar-refractivity contribution in [3.05, 3.63) is 83.9 Å². The third kappa shape index (κ3) is 13.8. The van der Waals surface area contributed by atoms with Crippen LogP contribution in [0, 0.1) is 18.8 Å². The summed E-state index contributed by atoms with van der Waals surface area (Å²) < 4.78 is 18.4. The van der Waals surface area contributed by atoms with Gasteiger partial charge in [0.15, 0.2) is 0 Å². The van der Waals surface area contributed by atoms with Gasteiger partial charge in [0.1, 0.15) is 11.5 Å². The van der Waals surface area contributed by atoms with E-state index >= 15 is 0 Å². The number of hydrazone groups is 1. The number of nitrogens with one attached hydrogen (secondary N) is 1. The fourth-order valence-electron chi connectivity index (χ4n) is 7.61. The van der Waals surface area contributed by atoms with Crippen LogP contribution in [0.25, 0.3) is 21.3 Å². The normalized spacial score (nSPS) is 15.5. The van der Waals surface area contributed by atoms with E-state index in [-0.39, 0.29) is 17.5 Å². The van der Waals surface area contributed by atoms with Crippen molar-refractivity contribution in [3.63, 3.8) is 0 Å². The van der Waals surface area contributed by atoms with E-state index in [1.807, 2.05) is 24.3 Å². The number of ether oxygens (including phenoxy) is 3. The zero-order valence-corrected chi connectivity index (χ0v) is 35.9. The number of fused-ring (bicyclic) bond motifs is 1. The second-order valence-electron chi connectivity index (χ2n) is 15.6. The zero-order chi connectivity index (χ0) is 42.0. The SMILES string of the molecule is C=CC(=O)OCCCCCCOc1ccc(C(=O)O)c(-c2ccc(OC(=O)C3CCC(CCCC)CC3)cc2C(CCCCCC)=NNc2nc3ccc(C)cc3s2)c1. The summed E-state index contributed by atoms with van der Waals surface area (Å²) in [5.41, 5.74) is 7.90. The Morgan fingerprint density at radius 1 is 0.847 bits per heavy atom. The lowest BCUT2D eigenvalue weighted by molar-refractivity contribution is -0.140. The molecule has 0 radical (unpaired) electrons. The van der Waals surface area contributed by atoms with Crippen molar-refractivity contribution in [1.82, 2.24) is 4.98 Å². The van der Waals surface area contributed by atoms with Gasteiger partial charge < -0.3 is 19.3 Å². The van der Waals surface area contributed by atoms with Crippen LogP contribution in [-0.4, -0.2) is 46.9 Å². The van der Waals surface area contributed by atoms with Gasteiger partial charge in [0, 0.05) is 17.2 Å². The number of aromatic carboxylic acids is 1. The highest BCUT2D eigenvalue weighted by atomic mass is 32.1. The Hall–Kier alpha value is -5.03. The molecule has 0 unspecified atom stereocenters. The number of hydrogen-bond acceptors (Lipinski definition) is 10. The minimum absolute atomic E-state index is 0.122. The van der Waals surface area contributed by atoms with Crippen molar-refractivity contribution in [2.24, 2.45) is 16.9 Å². The lowest BCUT2D eigenvalue weighted by atomic mass is 9.80. The van der Waals surface area contributed by atoms with Crippen LogP contribution in [0.15, 0.2) is 72.4 Å². The Morgan fingerprint density at radius 2 is 1.59 bits per heavy atom. The number of carbonyl (C=O) groups is 3. The molecule has 0 amide bonds. The Morgan fingerprint density at radius 3 is 2.34 bits per heavy atom. The van der Waals surface area contributed by atoms with E-state index in [0.29, 0.717) is 64.6 Å². The van der Waals surface area contributed by atoms with Crippen LogP contribution in [0.2, 0.25) is 0 Å². The number of thiazole rings is 1. The van der Waals surface area contributed by atoms with Gasteiger partial charge >= 0.3 is 17.9 Å². The summed E-state index contributed by atoms with van der Waals surface area (Å²) in [6.45, 7) is 10.7. The number of aryl methyl sites for hydroxylation is 1. The molecule has 11 heteroatoms. The maximum Gasteiger partial charge on any atom is 0.336 e. The average molecular weight is 824 g/mol. The van der Waals surface area contributed by atoms with Gasteiger partial charge in [-0.25, -0.2) is 14.6 Å². The molecule has 1 aliphatic rings. The van der Waals surface area contributed by atoms with Crippen LogP contribution < -0.4 is 14.9 Å². The Kier molecular flexibility index (Phi) is 18.0. The van der Waals surface area contributed by atoms with Crippen LogP contribution in [0.1, 0.15) is 138 Å². The lowest BCUT2D eigenvalue weighted by Crippen LogP contribution is -2.25. The van der Waals surface area contributed by atoms with Crippen LogP contribution >= 0.6 is 11.3 Å². The van der Waals surface area contributed by atoms with Crippen molar-refractivity contribution in [1.29, 1.82) is 0 Å². The summed E-state index contributed by atoms with van der Waals surface area (Å²) in [7, 11) is 0. The second kappa shape index (κ2) is 23.5. The summed E-state index contributed by atoms with van der Waals surface area (Å²) in [6.07, 6.45) is 16.4. The van der Waals surface area contributed by atoms with Crippen molar-refractivity contribution in [2.75, 3.05) is 18.6 Å². The third-order valence-corrected chi connectivity index (χ3v) is 11.9. The molecule has 1 aromatic heterocycles. The Balaban J connectivity index is 1.45. The number of esters is 2. The Bertz CT molecular complexity index is 2050. The topological polar surface area (TPSA) is 136 Å². The summed E-state index contributed by atoms with van der Waals surface area (Å²) >= 11 is 1.52. The van der Waals surface area contributed by atoms with Crippen molar-refractivity contribution in [3.8, 4) is 22.6 Å². The van der Waals surface area contributed by atoms with Gasteiger partial charge in [-0.05, 0) is 137 Å². The first-order valence-corrected chi connectivity index (χ1v) is 22.4. The summed E-state index contributed by atoms with van der Waals surface area (Å²) in [5, 5.41) is 16.1. The molecule has 5 rings (SSSR count). The lowest BCUT2D eigenvalue weighted by Gasteiger charge is -2.27. The summed E-state index contributed by atoms with van der Waals surface area (Å²) in [6, 6.07) is 16.6. The highest BCUT2D eigenvalue weighted by molar-refractivity contribution is 7.22. The first-order chi connectivity index (χ1) is 28.7. The highest BCUT2D eigenvalue weighted by Gasteiger charge is 2.28. The van der Waals surface area contributed by atoms with Gasteiger partial charge in [0.05, 0.1) is 40.6 Å². The van der Waals surface area contributed by atoms with Gasteiger partial charge in [0.2, 0.25) is 5.13 Å². The largest absolute Gasteiger partial charge is 0.494 e. The van der Waals surface area contributed by atoms with E-state index in [4.69, 9.17) is 24.3 Å². The highest BCUT2D eigenvalue weighted by Crippen LogP contribution is 2.37. The number of carboxylic acids is 1. The van der Waals surface area contributed by atoms with Crippen molar-refractivity contribution >= 4 is 50.3 Å². The number of carbonyl (C=O) groups excluding carboxylic acids is 2. The molecule has 1 saturated carbocycles.